The van der Waals surface area contributed by atoms with E-state index in [0.717, 1.165) is 38.5 Å². The van der Waals surface area contributed by atoms with Crippen molar-refractivity contribution < 1.29 is 10.2 Å². The van der Waals surface area contributed by atoms with Gasteiger partial charge in [-0.2, -0.15) is 0 Å². The second-order valence-electron chi connectivity index (χ2n) is 3.26. The maximum atomic E-state index is 8.52. The van der Waals surface area contributed by atoms with Crippen molar-refractivity contribution in [1.29, 1.82) is 0 Å². The lowest BCUT2D eigenvalue weighted by molar-refractivity contribution is 0.283. The molecule has 0 spiro atoms. The Labute approximate surface area is 81.3 Å². The van der Waals surface area contributed by atoms with Crippen LogP contribution in [-0.2, 0) is 0 Å². The molecule has 13 heavy (non-hydrogen) atoms. The maximum absolute atomic E-state index is 8.52. The van der Waals surface area contributed by atoms with Crippen molar-refractivity contribution in [1.82, 2.24) is 0 Å². The van der Waals surface area contributed by atoms with Crippen molar-refractivity contribution in [3.05, 3.63) is 12.2 Å². The van der Waals surface area contributed by atoms with Gasteiger partial charge in [-0.3, -0.25) is 0 Å². The summed E-state index contributed by atoms with van der Waals surface area (Å²) >= 11 is 0. The summed E-state index contributed by atoms with van der Waals surface area (Å²) in [6.07, 6.45) is 11.8. The Hall–Kier alpha value is -0.340. The Morgan fingerprint density at radius 3 is 1.62 bits per heavy atom. The van der Waals surface area contributed by atoms with Crippen LogP contribution in [0.2, 0.25) is 0 Å². The molecule has 0 fully saturated rings. The Morgan fingerprint density at radius 1 is 0.615 bits per heavy atom. The van der Waals surface area contributed by atoms with Gasteiger partial charge in [0.05, 0.1) is 0 Å². The lowest BCUT2D eigenvalue weighted by atomic mass is 10.1. The molecule has 0 aromatic carbocycles. The molecule has 2 N–H and O–H groups in total. The van der Waals surface area contributed by atoms with E-state index in [1.807, 2.05) is 0 Å². The lowest BCUT2D eigenvalue weighted by Gasteiger charge is -1.94. The third kappa shape index (κ3) is 11.7. The number of aliphatic hydroxyl groups excluding tert-OH is 2. The van der Waals surface area contributed by atoms with Gasteiger partial charge in [-0.1, -0.05) is 18.6 Å². The first-order valence-electron chi connectivity index (χ1n) is 5.28. The van der Waals surface area contributed by atoms with Crippen LogP contribution >= 0.6 is 0 Å². The quantitative estimate of drug-likeness (QED) is 0.428. The van der Waals surface area contributed by atoms with E-state index in [-0.39, 0.29) is 0 Å². The predicted octanol–water partition coefficient (Wildman–Crippen LogP) is 2.26. The summed E-state index contributed by atoms with van der Waals surface area (Å²) in [6, 6.07) is 0. The minimum absolute atomic E-state index is 0.310. The molecule has 0 aromatic rings. The number of allylic oxidation sites excluding steroid dienone is 2. The van der Waals surface area contributed by atoms with Gasteiger partial charge in [0.1, 0.15) is 0 Å². The largest absolute Gasteiger partial charge is 0.396 e. The Kier molecular flexibility index (Phi) is 11.4. The molecule has 0 aliphatic carbocycles. The summed E-state index contributed by atoms with van der Waals surface area (Å²) in [5.41, 5.74) is 0. The van der Waals surface area contributed by atoms with Crippen LogP contribution < -0.4 is 0 Å². The highest BCUT2D eigenvalue weighted by molar-refractivity contribution is 4.81. The van der Waals surface area contributed by atoms with Gasteiger partial charge in [-0.15, -0.1) is 0 Å². The summed E-state index contributed by atoms with van der Waals surface area (Å²) in [7, 11) is 0. The van der Waals surface area contributed by atoms with Crippen molar-refractivity contribution in [2.75, 3.05) is 13.2 Å². The zero-order valence-corrected chi connectivity index (χ0v) is 8.41. The van der Waals surface area contributed by atoms with Crippen LogP contribution in [0.5, 0.6) is 0 Å². The molecule has 78 valence electrons. The molecule has 0 aliphatic heterocycles. The number of hydrogen-bond acceptors (Lipinski definition) is 2. The third-order valence-electron chi connectivity index (χ3n) is 1.97. The SMILES string of the molecule is OCCCC/C=C/CCCCCO. The van der Waals surface area contributed by atoms with Crippen LogP contribution in [-0.4, -0.2) is 23.4 Å². The lowest BCUT2D eigenvalue weighted by Crippen LogP contribution is -1.82. The third-order valence-corrected chi connectivity index (χ3v) is 1.97. The molecular formula is C11H22O2. The minimum atomic E-state index is 0.310. The summed E-state index contributed by atoms with van der Waals surface area (Å²) < 4.78 is 0. The van der Waals surface area contributed by atoms with Crippen molar-refractivity contribution >= 4 is 0 Å². The van der Waals surface area contributed by atoms with Gasteiger partial charge in [0.25, 0.3) is 0 Å². The second kappa shape index (κ2) is 11.7. The van der Waals surface area contributed by atoms with E-state index in [9.17, 15) is 0 Å². The molecule has 0 atom stereocenters. The van der Waals surface area contributed by atoms with Gasteiger partial charge in [0.2, 0.25) is 0 Å². The number of rotatable bonds is 9. The van der Waals surface area contributed by atoms with E-state index in [1.54, 1.807) is 0 Å². The maximum Gasteiger partial charge on any atom is 0.0431 e. The van der Waals surface area contributed by atoms with Crippen LogP contribution in [0.4, 0.5) is 0 Å². The predicted molar refractivity (Wildman–Crippen MR) is 55.6 cm³/mol. The molecule has 0 saturated carbocycles. The first kappa shape index (κ1) is 12.7. The number of aliphatic hydroxyl groups is 2. The first-order chi connectivity index (χ1) is 6.41. The highest BCUT2D eigenvalue weighted by Gasteiger charge is 1.85. The molecule has 0 aliphatic rings. The van der Waals surface area contributed by atoms with Gasteiger partial charge in [0.15, 0.2) is 0 Å². The molecule has 0 radical (unpaired) electrons. The summed E-state index contributed by atoms with van der Waals surface area (Å²) in [5, 5.41) is 17.0. The van der Waals surface area contributed by atoms with Gasteiger partial charge < -0.3 is 10.2 Å². The monoisotopic (exact) mass is 186 g/mol. The summed E-state index contributed by atoms with van der Waals surface area (Å²) in [5.74, 6) is 0. The molecule has 0 bridgehead atoms. The number of hydrogen-bond donors (Lipinski definition) is 2. The molecule has 0 rings (SSSR count). The zero-order valence-electron chi connectivity index (χ0n) is 8.41. The summed E-state index contributed by atoms with van der Waals surface area (Å²) in [6.45, 7) is 0.630. The van der Waals surface area contributed by atoms with E-state index < -0.39 is 0 Å². The highest BCUT2D eigenvalue weighted by Crippen LogP contribution is 2.02. The van der Waals surface area contributed by atoms with Crippen LogP contribution in [0.3, 0.4) is 0 Å². The van der Waals surface area contributed by atoms with Gasteiger partial charge >= 0.3 is 0 Å². The molecule has 0 saturated heterocycles. The topological polar surface area (TPSA) is 40.5 Å². The standard InChI is InChI=1S/C11H22O2/c12-10-8-6-4-2-1-3-5-7-9-11-13/h1-2,12-13H,3-11H2/b2-1+. The fourth-order valence-electron chi connectivity index (χ4n) is 1.16. The highest BCUT2D eigenvalue weighted by atomic mass is 16.3. The van der Waals surface area contributed by atoms with Crippen molar-refractivity contribution in [3.63, 3.8) is 0 Å². The van der Waals surface area contributed by atoms with Crippen LogP contribution in [0, 0.1) is 0 Å². The Bertz CT molecular complexity index is 111. The second-order valence-corrected chi connectivity index (χ2v) is 3.26. The van der Waals surface area contributed by atoms with Crippen LogP contribution in [0.25, 0.3) is 0 Å². The Balaban J connectivity index is 2.95. The molecular weight excluding hydrogens is 164 g/mol. The Morgan fingerprint density at radius 2 is 1.08 bits per heavy atom. The van der Waals surface area contributed by atoms with E-state index in [4.69, 9.17) is 10.2 Å². The van der Waals surface area contributed by atoms with Crippen molar-refractivity contribution in [3.8, 4) is 0 Å². The average Bonchev–Trinajstić information content (AvgIpc) is 2.16. The molecule has 0 amide bonds. The fraction of sp³-hybridized carbons (Fsp3) is 0.818. The van der Waals surface area contributed by atoms with Gasteiger partial charge in [0, 0.05) is 13.2 Å². The smallest absolute Gasteiger partial charge is 0.0431 e. The molecule has 2 heteroatoms. The van der Waals surface area contributed by atoms with Gasteiger partial charge in [-0.25, -0.2) is 0 Å². The summed E-state index contributed by atoms with van der Waals surface area (Å²) in [4.78, 5) is 0. The molecule has 0 heterocycles. The van der Waals surface area contributed by atoms with Crippen LogP contribution in [0.1, 0.15) is 44.9 Å². The first-order valence-corrected chi connectivity index (χ1v) is 5.28. The normalized spacial score (nSPS) is 11.2. The van der Waals surface area contributed by atoms with Crippen LogP contribution in [0.15, 0.2) is 12.2 Å². The fourth-order valence-corrected chi connectivity index (χ4v) is 1.16. The van der Waals surface area contributed by atoms with E-state index >= 15 is 0 Å². The van der Waals surface area contributed by atoms with Gasteiger partial charge in [-0.05, 0) is 38.5 Å². The molecule has 0 aromatic heterocycles. The van der Waals surface area contributed by atoms with Crippen molar-refractivity contribution in [2.24, 2.45) is 0 Å². The average molecular weight is 186 g/mol. The van der Waals surface area contributed by atoms with E-state index in [2.05, 4.69) is 12.2 Å². The zero-order chi connectivity index (χ0) is 9.78. The van der Waals surface area contributed by atoms with Crippen molar-refractivity contribution in [2.45, 2.75) is 44.9 Å². The molecule has 0 unspecified atom stereocenters. The minimum Gasteiger partial charge on any atom is -0.396 e. The van der Waals surface area contributed by atoms with E-state index in [0.29, 0.717) is 13.2 Å². The molecule has 2 nitrogen and oxygen atoms in total. The number of unbranched alkanes of at least 4 members (excludes halogenated alkanes) is 5. The van der Waals surface area contributed by atoms with E-state index in [1.165, 1.54) is 6.42 Å².